The van der Waals surface area contributed by atoms with Gasteiger partial charge in [-0.2, -0.15) is 8.42 Å². The molecule has 3 amide bonds. The van der Waals surface area contributed by atoms with Crippen LogP contribution in [0.5, 0.6) is 0 Å². The lowest BCUT2D eigenvalue weighted by Gasteiger charge is -2.34. The number of benzene rings is 1. The zero-order chi connectivity index (χ0) is 21.3. The molecular weight excluding hydrogens is 393 g/mol. The van der Waals surface area contributed by atoms with Crippen LogP contribution < -0.4 is 5.32 Å². The second kappa shape index (κ2) is 7.94. The smallest absolute Gasteiger partial charge is 0.275 e. The predicted molar refractivity (Wildman–Crippen MR) is 96.5 cm³/mol. The molecule has 1 aliphatic rings. The number of carbonyl (C=O) groups is 3. The third-order valence-electron chi connectivity index (χ3n) is 4.31. The third kappa shape index (κ3) is 4.54. The highest BCUT2D eigenvalue weighted by atomic mass is 32.2. The fourth-order valence-corrected chi connectivity index (χ4v) is 3.66. The molecule has 2 rings (SSSR count). The summed E-state index contributed by atoms with van der Waals surface area (Å²) in [6, 6.07) is 4.81. The number of amides is 3. The SMILES string of the molecule is CN(C)[C@@H]1CC(=O)N([C@](C)(OS(C)(=O)=O)C(=O)NCc2ccccc2F)C1=O. The van der Waals surface area contributed by atoms with Gasteiger partial charge in [-0.15, -0.1) is 0 Å². The van der Waals surface area contributed by atoms with E-state index in [1.54, 1.807) is 20.2 Å². The van der Waals surface area contributed by atoms with E-state index in [4.69, 9.17) is 4.18 Å². The number of hydrogen-bond acceptors (Lipinski definition) is 7. The molecule has 1 fully saturated rings. The molecule has 1 aliphatic heterocycles. The number of hydrogen-bond donors (Lipinski definition) is 1. The van der Waals surface area contributed by atoms with Gasteiger partial charge in [0.1, 0.15) is 5.82 Å². The van der Waals surface area contributed by atoms with Crippen LogP contribution in [0, 0.1) is 5.82 Å². The highest BCUT2D eigenvalue weighted by Crippen LogP contribution is 2.29. The van der Waals surface area contributed by atoms with Gasteiger partial charge in [0.15, 0.2) is 0 Å². The topological polar surface area (TPSA) is 113 Å². The maximum atomic E-state index is 13.8. The molecule has 28 heavy (non-hydrogen) atoms. The van der Waals surface area contributed by atoms with Crippen LogP contribution in [-0.4, -0.2) is 68.1 Å². The molecule has 0 aliphatic carbocycles. The zero-order valence-electron chi connectivity index (χ0n) is 15.9. The van der Waals surface area contributed by atoms with E-state index in [2.05, 4.69) is 5.32 Å². The van der Waals surface area contributed by atoms with Crippen LogP contribution in [-0.2, 0) is 35.2 Å². The van der Waals surface area contributed by atoms with Gasteiger partial charge < -0.3 is 5.32 Å². The fraction of sp³-hybridized carbons (Fsp3) is 0.471. The van der Waals surface area contributed by atoms with Crippen molar-refractivity contribution in [3.05, 3.63) is 35.6 Å². The molecule has 2 atom stereocenters. The van der Waals surface area contributed by atoms with Gasteiger partial charge in [-0.3, -0.25) is 19.3 Å². The van der Waals surface area contributed by atoms with Crippen LogP contribution in [0.4, 0.5) is 4.39 Å². The number of imide groups is 1. The molecular formula is C17H22FN3O6S. The first-order valence-electron chi connectivity index (χ1n) is 8.32. The standard InChI is InChI=1S/C17H22FN3O6S/c1-17(27-28(4,25)26,21-14(22)9-13(15(21)23)20(2)3)16(24)19-10-11-7-5-6-8-12(11)18/h5-8,13H,9-10H2,1-4H3,(H,19,24)/t13-,17-/m1/s1. The second-order valence-corrected chi connectivity index (χ2v) is 8.37. The molecule has 0 unspecified atom stereocenters. The van der Waals surface area contributed by atoms with E-state index in [0.717, 1.165) is 6.92 Å². The van der Waals surface area contributed by atoms with Crippen molar-refractivity contribution in [2.75, 3.05) is 20.4 Å². The summed E-state index contributed by atoms with van der Waals surface area (Å²) in [7, 11) is -1.08. The summed E-state index contributed by atoms with van der Waals surface area (Å²) in [4.78, 5) is 39.9. The van der Waals surface area contributed by atoms with Gasteiger partial charge in [-0.05, 0) is 27.1 Å². The van der Waals surface area contributed by atoms with Gasteiger partial charge in [0.2, 0.25) is 17.5 Å². The van der Waals surface area contributed by atoms with Crippen molar-refractivity contribution in [1.29, 1.82) is 0 Å². The Bertz CT molecular complexity index is 904. The van der Waals surface area contributed by atoms with Gasteiger partial charge in [0.25, 0.3) is 16.0 Å². The van der Waals surface area contributed by atoms with Crippen LogP contribution in [0.2, 0.25) is 0 Å². The van der Waals surface area contributed by atoms with Gasteiger partial charge >= 0.3 is 0 Å². The van der Waals surface area contributed by atoms with Crippen molar-refractivity contribution in [2.45, 2.75) is 31.7 Å². The Hall–Kier alpha value is -2.37. The summed E-state index contributed by atoms with van der Waals surface area (Å²) in [5, 5.41) is 2.34. The monoisotopic (exact) mass is 415 g/mol. The van der Waals surface area contributed by atoms with Crippen molar-refractivity contribution in [3.8, 4) is 0 Å². The van der Waals surface area contributed by atoms with Crippen molar-refractivity contribution < 1.29 is 31.4 Å². The molecule has 0 spiro atoms. The Balaban J connectivity index is 2.35. The molecule has 9 nitrogen and oxygen atoms in total. The summed E-state index contributed by atoms with van der Waals surface area (Å²) in [5.41, 5.74) is -2.31. The molecule has 1 saturated heterocycles. The van der Waals surface area contributed by atoms with Crippen LogP contribution in [0.15, 0.2) is 24.3 Å². The van der Waals surface area contributed by atoms with E-state index in [1.807, 2.05) is 0 Å². The number of nitrogens with zero attached hydrogens (tertiary/aromatic N) is 2. The lowest BCUT2D eigenvalue weighted by atomic mass is 10.1. The Morgan fingerprint density at radius 1 is 1.36 bits per heavy atom. The molecule has 11 heteroatoms. The quantitative estimate of drug-likeness (QED) is 0.486. The summed E-state index contributed by atoms with van der Waals surface area (Å²) in [5.74, 6) is -3.16. The molecule has 1 aromatic carbocycles. The minimum atomic E-state index is -4.23. The zero-order valence-corrected chi connectivity index (χ0v) is 16.7. The summed E-state index contributed by atoms with van der Waals surface area (Å²) in [6.07, 6.45) is 0.471. The molecule has 0 radical (unpaired) electrons. The van der Waals surface area contributed by atoms with Crippen LogP contribution in [0.25, 0.3) is 0 Å². The summed E-state index contributed by atoms with van der Waals surface area (Å²) >= 11 is 0. The fourth-order valence-electron chi connectivity index (χ4n) is 2.92. The Kier molecular flexibility index (Phi) is 6.21. The normalized spacial score (nSPS) is 19.8. The average molecular weight is 415 g/mol. The van der Waals surface area contributed by atoms with Crippen molar-refractivity contribution in [3.63, 3.8) is 0 Å². The van der Waals surface area contributed by atoms with Crippen LogP contribution in [0.1, 0.15) is 18.9 Å². The van der Waals surface area contributed by atoms with Crippen molar-refractivity contribution >= 4 is 27.8 Å². The highest BCUT2D eigenvalue weighted by Gasteiger charge is 2.55. The number of rotatable bonds is 7. The van der Waals surface area contributed by atoms with E-state index in [9.17, 15) is 27.2 Å². The van der Waals surface area contributed by atoms with E-state index in [0.29, 0.717) is 11.2 Å². The number of likely N-dealkylation sites (N-methyl/N-ethyl adjacent to an activating group) is 1. The molecule has 0 saturated carbocycles. The van der Waals surface area contributed by atoms with Crippen LogP contribution >= 0.6 is 0 Å². The molecule has 1 aromatic rings. The highest BCUT2D eigenvalue weighted by molar-refractivity contribution is 7.86. The first kappa shape index (κ1) is 21.9. The maximum absolute atomic E-state index is 13.8. The van der Waals surface area contributed by atoms with Gasteiger partial charge in [0.05, 0.1) is 18.7 Å². The molecule has 154 valence electrons. The molecule has 1 heterocycles. The van der Waals surface area contributed by atoms with Crippen LogP contribution in [0.3, 0.4) is 0 Å². The Morgan fingerprint density at radius 2 is 1.96 bits per heavy atom. The largest absolute Gasteiger partial charge is 0.348 e. The van der Waals surface area contributed by atoms with Crippen molar-refractivity contribution in [1.82, 2.24) is 15.1 Å². The second-order valence-electron chi connectivity index (χ2n) is 6.80. The lowest BCUT2D eigenvalue weighted by Crippen LogP contribution is -2.61. The van der Waals surface area contributed by atoms with Gasteiger partial charge in [-0.1, -0.05) is 18.2 Å². The molecule has 1 N–H and O–H groups in total. The average Bonchev–Trinajstić information content (AvgIpc) is 2.87. The molecule has 0 bridgehead atoms. The number of halogens is 1. The number of carbonyl (C=O) groups excluding carboxylic acids is 3. The minimum Gasteiger partial charge on any atom is -0.348 e. The predicted octanol–water partition coefficient (Wildman–Crippen LogP) is -0.177. The molecule has 0 aromatic heterocycles. The van der Waals surface area contributed by atoms with E-state index in [1.165, 1.54) is 23.1 Å². The van der Waals surface area contributed by atoms with E-state index < -0.39 is 45.4 Å². The third-order valence-corrected chi connectivity index (χ3v) is 4.93. The van der Waals surface area contributed by atoms with Gasteiger partial charge in [0, 0.05) is 12.1 Å². The first-order chi connectivity index (χ1) is 12.9. The first-order valence-corrected chi connectivity index (χ1v) is 10.1. The van der Waals surface area contributed by atoms with Gasteiger partial charge in [-0.25, -0.2) is 13.5 Å². The minimum absolute atomic E-state index is 0.141. The van der Waals surface area contributed by atoms with Crippen molar-refractivity contribution in [2.24, 2.45) is 0 Å². The number of nitrogens with one attached hydrogen (secondary N) is 1. The Labute approximate surface area is 162 Å². The lowest BCUT2D eigenvalue weighted by molar-refractivity contribution is -0.170. The maximum Gasteiger partial charge on any atom is 0.275 e. The number of likely N-dealkylation sites (tertiary alicyclic amines) is 1. The van der Waals surface area contributed by atoms with E-state index >= 15 is 0 Å². The Morgan fingerprint density at radius 3 is 2.46 bits per heavy atom. The summed E-state index contributed by atoms with van der Waals surface area (Å²) < 4.78 is 42.1. The summed E-state index contributed by atoms with van der Waals surface area (Å²) in [6.45, 7) is 0.722. The van der Waals surface area contributed by atoms with E-state index in [-0.39, 0.29) is 18.5 Å².